The fourth-order valence-electron chi connectivity index (χ4n) is 5.68. The molecule has 1 aromatic rings. The number of piperazine rings is 1. The first-order valence-corrected chi connectivity index (χ1v) is 11.7. The molecule has 3 fully saturated rings. The summed E-state index contributed by atoms with van der Waals surface area (Å²) < 4.78 is 0. The lowest BCUT2D eigenvalue weighted by molar-refractivity contribution is -0.134. The van der Waals surface area contributed by atoms with Crippen molar-refractivity contribution in [1.82, 2.24) is 9.80 Å². The summed E-state index contributed by atoms with van der Waals surface area (Å²) in [4.78, 5) is 32.4. The van der Waals surface area contributed by atoms with Crippen LogP contribution in [0.3, 0.4) is 0 Å². The minimum atomic E-state index is 0.172. The molecule has 2 saturated heterocycles. The smallest absolute Gasteiger partial charge is 0.249 e. The molecule has 0 N–H and O–H groups in total. The number of hydrogen-bond acceptors (Lipinski definition) is 3. The first-order valence-electron chi connectivity index (χ1n) is 11.7. The first kappa shape index (κ1) is 19.7. The number of rotatable bonds is 3. The van der Waals surface area contributed by atoms with E-state index in [9.17, 15) is 9.59 Å². The van der Waals surface area contributed by atoms with E-state index in [0.29, 0.717) is 5.91 Å². The van der Waals surface area contributed by atoms with E-state index >= 15 is 0 Å². The Hall–Kier alpha value is -2.30. The number of benzene rings is 1. The number of carbonyl (C=O) groups excluding carboxylic acids is 2. The van der Waals surface area contributed by atoms with E-state index in [4.69, 9.17) is 0 Å². The molecule has 5 heteroatoms. The van der Waals surface area contributed by atoms with Crippen molar-refractivity contribution in [3.63, 3.8) is 0 Å². The predicted molar refractivity (Wildman–Crippen MR) is 118 cm³/mol. The van der Waals surface area contributed by atoms with E-state index in [-0.39, 0.29) is 17.2 Å². The quantitative estimate of drug-likeness (QED) is 0.771. The summed E-state index contributed by atoms with van der Waals surface area (Å²) in [5.41, 5.74) is 2.44. The largest absolute Gasteiger partial charge is 0.368 e. The minimum Gasteiger partial charge on any atom is -0.368 e. The molecule has 2 aliphatic heterocycles. The second kappa shape index (κ2) is 8.09. The molecule has 5 nitrogen and oxygen atoms in total. The highest BCUT2D eigenvalue weighted by atomic mass is 16.2. The van der Waals surface area contributed by atoms with Crippen LogP contribution in [0.1, 0.15) is 44.9 Å². The van der Waals surface area contributed by atoms with Crippen LogP contribution in [0, 0.1) is 11.3 Å². The maximum absolute atomic E-state index is 13.2. The van der Waals surface area contributed by atoms with E-state index < -0.39 is 0 Å². The number of anilines is 1. The Kier molecular flexibility index (Phi) is 5.30. The van der Waals surface area contributed by atoms with Crippen molar-refractivity contribution >= 4 is 17.5 Å². The molecule has 0 aromatic heterocycles. The third kappa shape index (κ3) is 3.75. The molecule has 30 heavy (non-hydrogen) atoms. The maximum atomic E-state index is 13.2. The second-order valence-corrected chi connectivity index (χ2v) is 9.53. The van der Waals surface area contributed by atoms with Crippen LogP contribution in [0.15, 0.2) is 42.0 Å². The van der Waals surface area contributed by atoms with Crippen molar-refractivity contribution in [2.45, 2.75) is 44.9 Å². The molecule has 4 aliphatic rings. The Morgan fingerprint density at radius 3 is 2.27 bits per heavy atom. The summed E-state index contributed by atoms with van der Waals surface area (Å²) in [5.74, 6) is 0.800. The normalized spacial score (nSPS) is 25.8. The van der Waals surface area contributed by atoms with Gasteiger partial charge in [0.25, 0.3) is 0 Å². The lowest BCUT2D eigenvalue weighted by Gasteiger charge is -2.37. The van der Waals surface area contributed by atoms with Gasteiger partial charge in [-0.25, -0.2) is 0 Å². The van der Waals surface area contributed by atoms with Crippen LogP contribution in [0.5, 0.6) is 0 Å². The number of hydrogen-bond donors (Lipinski definition) is 0. The SMILES string of the molecule is O=C(C1=CCCCC1)N1CCC2(CC1)CC2C(=O)N1CCN(c2ccccc2)CC1. The highest BCUT2D eigenvalue weighted by molar-refractivity contribution is 5.93. The number of likely N-dealkylation sites (tertiary alicyclic amines) is 1. The third-order valence-electron chi connectivity index (χ3n) is 7.81. The molecule has 0 radical (unpaired) electrons. The fourth-order valence-corrected chi connectivity index (χ4v) is 5.68. The van der Waals surface area contributed by atoms with Gasteiger partial charge in [0, 0.05) is 56.4 Å². The van der Waals surface area contributed by atoms with Crippen molar-refractivity contribution in [3.8, 4) is 0 Å². The second-order valence-electron chi connectivity index (χ2n) is 9.53. The number of carbonyl (C=O) groups is 2. The van der Waals surface area contributed by atoms with Gasteiger partial charge in [-0.05, 0) is 62.5 Å². The highest BCUT2D eigenvalue weighted by Crippen LogP contribution is 2.60. The Morgan fingerprint density at radius 1 is 0.867 bits per heavy atom. The molecule has 5 rings (SSSR count). The zero-order chi connectivity index (χ0) is 20.6. The van der Waals surface area contributed by atoms with E-state index in [1.165, 1.54) is 12.1 Å². The fraction of sp³-hybridized carbons (Fsp3) is 0.600. The van der Waals surface area contributed by atoms with Gasteiger partial charge in [0.2, 0.25) is 11.8 Å². The lowest BCUT2D eigenvalue weighted by atomic mass is 9.89. The molecule has 1 saturated carbocycles. The maximum Gasteiger partial charge on any atom is 0.249 e. The minimum absolute atomic E-state index is 0.172. The van der Waals surface area contributed by atoms with Crippen molar-refractivity contribution in [2.75, 3.05) is 44.2 Å². The van der Waals surface area contributed by atoms with Crippen LogP contribution in [0.4, 0.5) is 5.69 Å². The molecule has 0 bridgehead atoms. The zero-order valence-corrected chi connectivity index (χ0v) is 17.9. The Morgan fingerprint density at radius 2 is 1.60 bits per heavy atom. The summed E-state index contributed by atoms with van der Waals surface area (Å²) in [7, 11) is 0. The summed E-state index contributed by atoms with van der Waals surface area (Å²) in [6.45, 7) is 5.10. The molecular weight excluding hydrogens is 374 g/mol. The Bertz CT molecular complexity index is 818. The molecule has 1 atom stereocenters. The average Bonchev–Trinajstić information content (AvgIpc) is 3.53. The molecule has 1 aromatic carbocycles. The predicted octanol–water partition coefficient (Wildman–Crippen LogP) is 3.46. The highest BCUT2D eigenvalue weighted by Gasteiger charge is 2.59. The third-order valence-corrected chi connectivity index (χ3v) is 7.81. The van der Waals surface area contributed by atoms with Gasteiger partial charge < -0.3 is 14.7 Å². The average molecular weight is 408 g/mol. The first-order chi connectivity index (χ1) is 14.7. The summed E-state index contributed by atoms with van der Waals surface area (Å²) >= 11 is 0. The lowest BCUT2D eigenvalue weighted by Crippen LogP contribution is -2.50. The van der Waals surface area contributed by atoms with Crippen LogP contribution in [-0.2, 0) is 9.59 Å². The Balaban J connectivity index is 1.12. The summed E-state index contributed by atoms with van der Waals surface area (Å²) in [6, 6.07) is 10.5. The van der Waals surface area contributed by atoms with Gasteiger partial charge in [0.1, 0.15) is 0 Å². The summed E-state index contributed by atoms with van der Waals surface area (Å²) in [6.07, 6.45) is 9.50. The molecule has 1 spiro atoms. The molecule has 160 valence electrons. The van der Waals surface area contributed by atoms with Crippen molar-refractivity contribution in [3.05, 3.63) is 42.0 Å². The number of allylic oxidation sites excluding steroid dienone is 1. The van der Waals surface area contributed by atoms with Crippen LogP contribution < -0.4 is 4.90 Å². The standard InChI is InChI=1S/C25H33N3O2/c29-23(20-7-3-1-4-8-20)27-13-11-25(12-14-27)19-22(25)24(30)28-17-15-26(16-18-28)21-9-5-2-6-10-21/h2,5-7,9-10,22H,1,3-4,8,11-19H2. The van der Waals surface area contributed by atoms with Crippen LogP contribution in [-0.4, -0.2) is 60.9 Å². The molecule has 2 heterocycles. The van der Waals surface area contributed by atoms with Gasteiger partial charge in [-0.3, -0.25) is 9.59 Å². The topological polar surface area (TPSA) is 43.9 Å². The number of para-hydroxylation sites is 1. The summed E-state index contributed by atoms with van der Waals surface area (Å²) in [5, 5.41) is 0. The number of nitrogens with zero attached hydrogens (tertiary/aromatic N) is 3. The van der Waals surface area contributed by atoms with Crippen LogP contribution in [0.25, 0.3) is 0 Å². The Labute approximate surface area is 179 Å². The van der Waals surface area contributed by atoms with Crippen molar-refractivity contribution in [1.29, 1.82) is 0 Å². The van der Waals surface area contributed by atoms with Crippen molar-refractivity contribution in [2.24, 2.45) is 11.3 Å². The number of amides is 2. The van der Waals surface area contributed by atoms with Gasteiger partial charge in [0.05, 0.1) is 0 Å². The van der Waals surface area contributed by atoms with Gasteiger partial charge in [-0.15, -0.1) is 0 Å². The number of piperidine rings is 1. The molecule has 1 unspecified atom stereocenters. The van der Waals surface area contributed by atoms with Crippen LogP contribution >= 0.6 is 0 Å². The van der Waals surface area contributed by atoms with Gasteiger partial charge >= 0.3 is 0 Å². The molecular formula is C25H33N3O2. The van der Waals surface area contributed by atoms with Gasteiger partial charge in [0.15, 0.2) is 0 Å². The zero-order valence-electron chi connectivity index (χ0n) is 17.9. The molecule has 2 amide bonds. The van der Waals surface area contributed by atoms with E-state index in [0.717, 1.165) is 83.4 Å². The van der Waals surface area contributed by atoms with Gasteiger partial charge in [-0.2, -0.15) is 0 Å². The monoisotopic (exact) mass is 407 g/mol. The molecule has 2 aliphatic carbocycles. The van der Waals surface area contributed by atoms with E-state index in [1.807, 2.05) is 11.0 Å². The van der Waals surface area contributed by atoms with E-state index in [1.54, 1.807) is 0 Å². The van der Waals surface area contributed by atoms with E-state index in [2.05, 4.69) is 40.1 Å². The van der Waals surface area contributed by atoms with Crippen molar-refractivity contribution < 1.29 is 9.59 Å². The van der Waals surface area contributed by atoms with Gasteiger partial charge in [-0.1, -0.05) is 24.3 Å². The van der Waals surface area contributed by atoms with Crippen LogP contribution in [0.2, 0.25) is 0 Å².